The van der Waals surface area contributed by atoms with Gasteiger partial charge in [0, 0.05) is 18.7 Å². The van der Waals surface area contributed by atoms with Crippen LogP contribution in [-0.4, -0.2) is 24.1 Å². The maximum absolute atomic E-state index is 12.6. The molecule has 0 saturated carbocycles. The van der Waals surface area contributed by atoms with Gasteiger partial charge >= 0.3 is 0 Å². The highest BCUT2D eigenvalue weighted by atomic mass is 35.5. The number of rotatable bonds is 11. The molecule has 0 aromatic heterocycles. The molecular formula is C26H29ClN2O2. The van der Waals surface area contributed by atoms with Gasteiger partial charge in [0.05, 0.1) is 5.02 Å². The molecule has 3 aromatic carbocycles. The largest absolute Gasteiger partial charge is 0.506 e. The summed E-state index contributed by atoms with van der Waals surface area (Å²) in [4.78, 5) is 12.6. The normalized spacial score (nSPS) is 10.7. The van der Waals surface area contributed by atoms with Crippen molar-refractivity contribution in [3.63, 3.8) is 0 Å². The van der Waals surface area contributed by atoms with Crippen molar-refractivity contribution in [2.24, 2.45) is 0 Å². The highest BCUT2D eigenvalue weighted by Gasteiger charge is 2.10. The first-order valence-electron chi connectivity index (χ1n) is 10.7. The van der Waals surface area contributed by atoms with Crippen LogP contribution in [0.25, 0.3) is 0 Å². The van der Waals surface area contributed by atoms with Crippen LogP contribution in [0.4, 0.5) is 0 Å². The van der Waals surface area contributed by atoms with E-state index in [2.05, 4.69) is 34.9 Å². The highest BCUT2D eigenvalue weighted by molar-refractivity contribution is 6.32. The summed E-state index contributed by atoms with van der Waals surface area (Å²) in [6, 6.07) is 23.4. The zero-order valence-corrected chi connectivity index (χ0v) is 18.4. The summed E-state index contributed by atoms with van der Waals surface area (Å²) in [5.41, 5.74) is 4.08. The van der Waals surface area contributed by atoms with Gasteiger partial charge in [-0.1, -0.05) is 66.2 Å². The second-order valence-corrected chi connectivity index (χ2v) is 7.98. The number of hydrogen-bond acceptors (Lipinski definition) is 3. The van der Waals surface area contributed by atoms with Crippen molar-refractivity contribution in [1.82, 2.24) is 10.6 Å². The van der Waals surface area contributed by atoms with Gasteiger partial charge in [-0.25, -0.2) is 0 Å². The van der Waals surface area contributed by atoms with Crippen LogP contribution in [0.2, 0.25) is 5.02 Å². The van der Waals surface area contributed by atoms with Crippen LogP contribution < -0.4 is 10.6 Å². The van der Waals surface area contributed by atoms with Gasteiger partial charge in [0.15, 0.2) is 0 Å². The molecule has 0 fully saturated rings. The highest BCUT2D eigenvalue weighted by Crippen LogP contribution is 2.23. The molecule has 0 heterocycles. The summed E-state index contributed by atoms with van der Waals surface area (Å²) in [5.74, 6) is 0.0702. The predicted octanol–water partition coefficient (Wildman–Crippen LogP) is 5.13. The van der Waals surface area contributed by atoms with Crippen molar-refractivity contribution in [3.8, 4) is 5.75 Å². The number of carbonyl (C=O) groups is 1. The van der Waals surface area contributed by atoms with Crippen molar-refractivity contribution in [3.05, 3.63) is 100 Å². The number of unbranched alkanes of at least 4 members (excludes halogenated alkanes) is 1. The third-order valence-corrected chi connectivity index (χ3v) is 5.50. The van der Waals surface area contributed by atoms with Crippen LogP contribution in [0.5, 0.6) is 5.75 Å². The van der Waals surface area contributed by atoms with E-state index in [4.69, 9.17) is 11.6 Å². The first kappa shape index (κ1) is 22.9. The fraction of sp³-hybridized carbons (Fsp3) is 0.269. The monoisotopic (exact) mass is 436 g/mol. The Labute approximate surface area is 189 Å². The molecule has 0 aliphatic rings. The maximum atomic E-state index is 12.6. The minimum absolute atomic E-state index is 0.0255. The summed E-state index contributed by atoms with van der Waals surface area (Å²) in [6.07, 6.45) is 3.82. The van der Waals surface area contributed by atoms with Crippen LogP contribution in [0.3, 0.4) is 0 Å². The summed E-state index contributed by atoms with van der Waals surface area (Å²) in [5, 5.41) is 16.3. The summed E-state index contributed by atoms with van der Waals surface area (Å²) in [7, 11) is 0. The first-order chi connectivity index (χ1) is 15.1. The summed E-state index contributed by atoms with van der Waals surface area (Å²) in [6.45, 7) is 2.04. The van der Waals surface area contributed by atoms with Gasteiger partial charge in [-0.15, -0.1) is 0 Å². The van der Waals surface area contributed by atoms with Gasteiger partial charge in [0.2, 0.25) is 0 Å². The average Bonchev–Trinajstić information content (AvgIpc) is 2.79. The number of aromatic hydroxyl groups is 1. The lowest BCUT2D eigenvalue weighted by molar-refractivity contribution is 0.0952. The van der Waals surface area contributed by atoms with Crippen LogP contribution in [-0.2, 0) is 19.4 Å². The van der Waals surface area contributed by atoms with Gasteiger partial charge in [0.25, 0.3) is 5.91 Å². The molecule has 162 valence electrons. The first-order valence-corrected chi connectivity index (χ1v) is 11.1. The molecule has 3 aromatic rings. The van der Waals surface area contributed by atoms with Crippen molar-refractivity contribution in [2.45, 2.75) is 32.2 Å². The molecule has 3 rings (SSSR count). The third kappa shape index (κ3) is 7.42. The van der Waals surface area contributed by atoms with E-state index in [0.29, 0.717) is 23.7 Å². The quantitative estimate of drug-likeness (QED) is 0.365. The van der Waals surface area contributed by atoms with E-state index in [-0.39, 0.29) is 11.7 Å². The summed E-state index contributed by atoms with van der Waals surface area (Å²) >= 11 is 5.96. The number of hydrogen-bond donors (Lipinski definition) is 3. The fourth-order valence-corrected chi connectivity index (χ4v) is 3.66. The molecule has 1 amide bonds. The van der Waals surface area contributed by atoms with E-state index in [0.717, 1.165) is 43.4 Å². The van der Waals surface area contributed by atoms with Gasteiger partial charge in [-0.3, -0.25) is 4.79 Å². The molecule has 0 spiro atoms. The van der Waals surface area contributed by atoms with E-state index in [1.807, 2.05) is 36.4 Å². The number of carbonyl (C=O) groups excluding carboxylic acids is 1. The Bertz CT molecular complexity index is 976. The smallest absolute Gasteiger partial charge is 0.251 e. The van der Waals surface area contributed by atoms with Crippen molar-refractivity contribution in [2.75, 3.05) is 13.1 Å². The van der Waals surface area contributed by atoms with Crippen molar-refractivity contribution >= 4 is 17.5 Å². The van der Waals surface area contributed by atoms with Crippen LogP contribution in [0.15, 0.2) is 72.8 Å². The molecular weight excluding hydrogens is 408 g/mol. The lowest BCUT2D eigenvalue weighted by atomic mass is 10.1. The average molecular weight is 437 g/mol. The standard InChI is InChI=1S/C26H29ClN2O2/c27-24-18-21(13-14-25(24)30)15-17-28-19-22-11-4-5-12-23(22)26(31)29-16-7-6-10-20-8-2-1-3-9-20/h1-5,8-9,11-14,18,28,30H,6-7,10,15-17,19H2,(H,29,31). The van der Waals surface area contributed by atoms with E-state index in [1.54, 1.807) is 12.1 Å². The molecule has 4 nitrogen and oxygen atoms in total. The number of phenols is 1. The molecule has 0 aliphatic carbocycles. The Hall–Kier alpha value is -2.82. The van der Waals surface area contributed by atoms with Crippen LogP contribution in [0.1, 0.15) is 39.9 Å². The fourth-order valence-electron chi connectivity index (χ4n) is 3.45. The lowest BCUT2D eigenvalue weighted by Gasteiger charge is -2.11. The Morgan fingerprint density at radius 1 is 0.839 bits per heavy atom. The number of amides is 1. The van der Waals surface area contributed by atoms with Crippen molar-refractivity contribution in [1.29, 1.82) is 0 Å². The number of phenolic OH excluding ortho intramolecular Hbond substituents is 1. The second kappa shape index (κ2) is 12.1. The molecule has 0 saturated heterocycles. The SMILES string of the molecule is O=C(NCCCCc1ccccc1)c1ccccc1CNCCc1ccc(O)c(Cl)c1. The molecule has 5 heteroatoms. The Morgan fingerprint density at radius 2 is 1.61 bits per heavy atom. The van der Waals surface area contributed by atoms with Gasteiger partial charge in [-0.2, -0.15) is 0 Å². The number of nitrogens with one attached hydrogen (secondary N) is 2. The molecule has 0 radical (unpaired) electrons. The molecule has 0 aliphatic heterocycles. The van der Waals surface area contributed by atoms with Crippen LogP contribution >= 0.6 is 11.6 Å². The Morgan fingerprint density at radius 3 is 2.42 bits per heavy atom. The molecule has 31 heavy (non-hydrogen) atoms. The Balaban J connectivity index is 1.41. The second-order valence-electron chi connectivity index (χ2n) is 7.57. The van der Waals surface area contributed by atoms with Gasteiger partial charge in [-0.05, 0) is 67.1 Å². The molecule has 0 atom stereocenters. The molecule has 0 bridgehead atoms. The number of benzene rings is 3. The third-order valence-electron chi connectivity index (χ3n) is 5.20. The van der Waals surface area contributed by atoms with Gasteiger partial charge in [0.1, 0.15) is 5.75 Å². The van der Waals surface area contributed by atoms with Gasteiger partial charge < -0.3 is 15.7 Å². The minimum atomic E-state index is -0.0255. The maximum Gasteiger partial charge on any atom is 0.251 e. The number of aryl methyl sites for hydroxylation is 1. The van der Waals surface area contributed by atoms with E-state index >= 15 is 0 Å². The van der Waals surface area contributed by atoms with Crippen LogP contribution in [0, 0.1) is 0 Å². The zero-order valence-electron chi connectivity index (χ0n) is 17.6. The predicted molar refractivity (Wildman–Crippen MR) is 127 cm³/mol. The topological polar surface area (TPSA) is 61.4 Å². The number of halogens is 1. The molecule has 0 unspecified atom stereocenters. The Kier molecular flexibility index (Phi) is 8.95. The lowest BCUT2D eigenvalue weighted by Crippen LogP contribution is -2.27. The van der Waals surface area contributed by atoms with E-state index < -0.39 is 0 Å². The zero-order chi connectivity index (χ0) is 21.9. The van der Waals surface area contributed by atoms with E-state index in [1.165, 1.54) is 5.56 Å². The summed E-state index contributed by atoms with van der Waals surface area (Å²) < 4.78 is 0. The minimum Gasteiger partial charge on any atom is -0.506 e. The molecule has 3 N–H and O–H groups in total. The van der Waals surface area contributed by atoms with E-state index in [9.17, 15) is 9.90 Å². The van der Waals surface area contributed by atoms with Crippen molar-refractivity contribution < 1.29 is 9.90 Å².